The van der Waals surface area contributed by atoms with E-state index in [1.807, 2.05) is 17.7 Å². The molecule has 2 aromatic carbocycles. The van der Waals surface area contributed by atoms with Gasteiger partial charge in [0.15, 0.2) is 0 Å². The van der Waals surface area contributed by atoms with E-state index >= 15 is 0 Å². The van der Waals surface area contributed by atoms with Crippen molar-refractivity contribution >= 4 is 15.7 Å². The quantitative estimate of drug-likeness (QED) is 0.411. The molecule has 0 aliphatic rings. The summed E-state index contributed by atoms with van der Waals surface area (Å²) >= 11 is 0. The molecular weight excluding hydrogens is 419 g/mol. The molecular formula is C22H21FN4O3S. The molecule has 4 aromatic rings. The summed E-state index contributed by atoms with van der Waals surface area (Å²) in [7, 11) is -3.92. The topological polar surface area (TPSA) is 90.0 Å². The largest absolute Gasteiger partial charge is 0.419 e. The zero-order chi connectivity index (χ0) is 21.8. The Morgan fingerprint density at radius 2 is 1.84 bits per heavy atom. The molecule has 0 radical (unpaired) electrons. The Hall–Kier alpha value is -3.46. The number of nitrogens with zero attached hydrogens (tertiary/aromatic N) is 3. The molecule has 0 atom stereocenters. The zero-order valence-corrected chi connectivity index (χ0v) is 17.6. The van der Waals surface area contributed by atoms with Gasteiger partial charge in [-0.25, -0.2) is 17.8 Å². The van der Waals surface area contributed by atoms with Crippen molar-refractivity contribution in [3.63, 3.8) is 0 Å². The number of aromatic nitrogens is 3. The first kappa shape index (κ1) is 20.8. The highest BCUT2D eigenvalue weighted by molar-refractivity contribution is 7.91. The number of aryl methyl sites for hydroxylation is 2. The highest BCUT2D eigenvalue weighted by Gasteiger charge is 2.28. The Balaban J connectivity index is 1.64. The van der Waals surface area contributed by atoms with E-state index < -0.39 is 15.7 Å². The highest BCUT2D eigenvalue weighted by Crippen LogP contribution is 2.32. The van der Waals surface area contributed by atoms with Crippen LogP contribution in [0.2, 0.25) is 0 Å². The van der Waals surface area contributed by atoms with E-state index in [-0.39, 0.29) is 21.7 Å². The van der Waals surface area contributed by atoms with E-state index in [1.54, 1.807) is 36.8 Å². The van der Waals surface area contributed by atoms with Crippen LogP contribution < -0.4 is 5.32 Å². The zero-order valence-electron chi connectivity index (χ0n) is 16.8. The van der Waals surface area contributed by atoms with Crippen LogP contribution in [0.5, 0.6) is 0 Å². The van der Waals surface area contributed by atoms with E-state index in [9.17, 15) is 12.8 Å². The fourth-order valence-corrected chi connectivity index (χ4v) is 4.31. The molecule has 0 unspecified atom stereocenters. The summed E-state index contributed by atoms with van der Waals surface area (Å²) in [4.78, 5) is 8.37. The van der Waals surface area contributed by atoms with Crippen LogP contribution in [0.3, 0.4) is 0 Å². The van der Waals surface area contributed by atoms with Gasteiger partial charge in [-0.2, -0.15) is 4.98 Å². The maximum absolute atomic E-state index is 13.3. The molecule has 31 heavy (non-hydrogen) atoms. The molecule has 0 aliphatic carbocycles. The average molecular weight is 441 g/mol. The van der Waals surface area contributed by atoms with Crippen molar-refractivity contribution in [1.29, 1.82) is 0 Å². The number of benzene rings is 2. The van der Waals surface area contributed by atoms with Crippen LogP contribution in [0, 0.1) is 12.7 Å². The summed E-state index contributed by atoms with van der Waals surface area (Å²) in [5.41, 5.74) is 1.43. The van der Waals surface area contributed by atoms with Gasteiger partial charge in [0.1, 0.15) is 5.82 Å². The van der Waals surface area contributed by atoms with Crippen molar-refractivity contribution in [2.24, 2.45) is 0 Å². The van der Waals surface area contributed by atoms with E-state index in [0.717, 1.165) is 5.56 Å². The summed E-state index contributed by atoms with van der Waals surface area (Å²) in [5.74, 6) is -0.242. The van der Waals surface area contributed by atoms with E-state index in [2.05, 4.69) is 15.3 Å². The molecule has 0 aliphatic heterocycles. The molecule has 1 N–H and O–H groups in total. The first-order valence-corrected chi connectivity index (χ1v) is 11.2. The second-order valence-corrected chi connectivity index (χ2v) is 8.92. The van der Waals surface area contributed by atoms with Gasteiger partial charge < -0.3 is 14.3 Å². The summed E-state index contributed by atoms with van der Waals surface area (Å²) < 4.78 is 47.5. The van der Waals surface area contributed by atoms with Gasteiger partial charge in [-0.15, -0.1) is 0 Å². The van der Waals surface area contributed by atoms with E-state index in [0.29, 0.717) is 25.1 Å². The fraction of sp³-hybridized carbons (Fsp3) is 0.182. The summed E-state index contributed by atoms with van der Waals surface area (Å²) in [6.07, 6.45) is 5.99. The molecule has 0 saturated carbocycles. The van der Waals surface area contributed by atoms with Crippen LogP contribution in [-0.2, 0) is 16.4 Å². The van der Waals surface area contributed by atoms with Crippen molar-refractivity contribution < 1.29 is 17.2 Å². The molecule has 2 heterocycles. The average Bonchev–Trinajstić information content (AvgIpc) is 3.42. The minimum atomic E-state index is -3.92. The molecule has 2 aromatic heterocycles. The number of halogens is 1. The summed E-state index contributed by atoms with van der Waals surface area (Å²) in [5, 5.41) is 2.85. The van der Waals surface area contributed by atoms with Gasteiger partial charge in [-0.3, -0.25) is 0 Å². The van der Waals surface area contributed by atoms with Crippen LogP contribution in [-0.4, -0.2) is 29.5 Å². The van der Waals surface area contributed by atoms with Gasteiger partial charge in [0.05, 0.1) is 11.2 Å². The molecule has 4 rings (SSSR count). The molecule has 7 nitrogen and oxygen atoms in total. The number of rotatable bonds is 8. The summed E-state index contributed by atoms with van der Waals surface area (Å²) in [6, 6.07) is 12.1. The number of hydrogen-bond donors (Lipinski definition) is 1. The monoisotopic (exact) mass is 440 g/mol. The van der Waals surface area contributed by atoms with Crippen molar-refractivity contribution in [2.75, 3.05) is 11.9 Å². The standard InChI is InChI=1S/C22H21FN4O3S/c1-16-3-9-19(10-4-16)31(28,29)22-21(25-11-2-13-27-14-12-24-15-27)30-20(26-22)17-5-7-18(23)8-6-17/h3-10,12,14-15,25H,2,11,13H2,1H3. The fourth-order valence-electron chi connectivity index (χ4n) is 3.03. The molecule has 0 fully saturated rings. The maximum atomic E-state index is 13.3. The number of hydrogen-bond acceptors (Lipinski definition) is 6. The molecule has 160 valence electrons. The first-order chi connectivity index (χ1) is 14.9. The number of oxazole rings is 1. The van der Waals surface area contributed by atoms with Crippen molar-refractivity contribution in [3.05, 3.63) is 78.6 Å². The third-order valence-corrected chi connectivity index (χ3v) is 6.39. The third kappa shape index (κ3) is 4.66. The lowest BCUT2D eigenvalue weighted by molar-refractivity contribution is 0.571. The molecule has 0 spiro atoms. The van der Waals surface area contributed by atoms with E-state index in [1.165, 1.54) is 24.3 Å². The number of imidazole rings is 1. The van der Waals surface area contributed by atoms with Gasteiger partial charge in [-0.05, 0) is 49.7 Å². The second-order valence-electron chi connectivity index (χ2n) is 7.06. The first-order valence-electron chi connectivity index (χ1n) is 9.71. The van der Waals surface area contributed by atoms with Crippen LogP contribution >= 0.6 is 0 Å². The van der Waals surface area contributed by atoms with Crippen LogP contribution in [0.15, 0.2) is 81.6 Å². The van der Waals surface area contributed by atoms with Gasteiger partial charge in [0.25, 0.3) is 0 Å². The summed E-state index contributed by atoms with van der Waals surface area (Å²) in [6.45, 7) is 3.06. The minimum absolute atomic E-state index is 0.0607. The van der Waals surface area contributed by atoms with Crippen molar-refractivity contribution in [3.8, 4) is 11.5 Å². The third-order valence-electron chi connectivity index (χ3n) is 4.71. The van der Waals surface area contributed by atoms with Crippen molar-refractivity contribution in [1.82, 2.24) is 14.5 Å². The predicted molar refractivity (Wildman–Crippen MR) is 114 cm³/mol. The number of sulfone groups is 1. The Morgan fingerprint density at radius 3 is 2.52 bits per heavy atom. The SMILES string of the molecule is Cc1ccc(S(=O)(=O)c2nc(-c3ccc(F)cc3)oc2NCCCn2ccnc2)cc1. The van der Waals surface area contributed by atoms with Crippen LogP contribution in [0.25, 0.3) is 11.5 Å². The second kappa shape index (κ2) is 8.73. The Kier molecular flexibility index (Phi) is 5.85. The lowest BCUT2D eigenvalue weighted by Gasteiger charge is -2.07. The molecule has 0 bridgehead atoms. The smallest absolute Gasteiger partial charge is 0.233 e. The number of anilines is 1. The predicted octanol–water partition coefficient (Wildman–Crippen LogP) is 4.32. The lowest BCUT2D eigenvalue weighted by atomic mass is 10.2. The molecule has 9 heteroatoms. The molecule has 0 saturated heterocycles. The van der Waals surface area contributed by atoms with Crippen molar-refractivity contribution in [2.45, 2.75) is 29.8 Å². The van der Waals surface area contributed by atoms with Gasteiger partial charge in [0, 0.05) is 31.0 Å². The maximum Gasteiger partial charge on any atom is 0.233 e. The van der Waals surface area contributed by atoms with E-state index in [4.69, 9.17) is 4.42 Å². The molecule has 0 amide bonds. The Labute approximate surface area is 179 Å². The Bertz CT molecular complexity index is 1250. The van der Waals surface area contributed by atoms with Gasteiger partial charge in [-0.1, -0.05) is 17.7 Å². The lowest BCUT2D eigenvalue weighted by Crippen LogP contribution is -2.10. The van der Waals surface area contributed by atoms with Crippen LogP contribution in [0.1, 0.15) is 12.0 Å². The number of nitrogens with one attached hydrogen (secondary N) is 1. The minimum Gasteiger partial charge on any atom is -0.419 e. The normalized spacial score (nSPS) is 11.5. The van der Waals surface area contributed by atoms with Gasteiger partial charge >= 0.3 is 0 Å². The Morgan fingerprint density at radius 1 is 1.10 bits per heavy atom. The highest BCUT2D eigenvalue weighted by atomic mass is 32.2. The van der Waals surface area contributed by atoms with Gasteiger partial charge in [0.2, 0.25) is 26.6 Å². The van der Waals surface area contributed by atoms with Crippen LogP contribution in [0.4, 0.5) is 10.3 Å².